The van der Waals surface area contributed by atoms with Crippen molar-refractivity contribution < 1.29 is 0 Å². The summed E-state index contributed by atoms with van der Waals surface area (Å²) in [4.78, 5) is 8.71. The van der Waals surface area contributed by atoms with Crippen molar-refractivity contribution in [2.75, 3.05) is 0 Å². The largest absolute Gasteiger partial charge is 0.227 e. The Morgan fingerprint density at radius 3 is 2.62 bits per heavy atom. The van der Waals surface area contributed by atoms with Gasteiger partial charge < -0.3 is 0 Å². The lowest BCUT2D eigenvalue weighted by Gasteiger charge is -2.05. The summed E-state index contributed by atoms with van der Waals surface area (Å²) in [5.74, 6) is 0.652. The Morgan fingerprint density at radius 1 is 1.04 bits per heavy atom. The van der Waals surface area contributed by atoms with Gasteiger partial charge in [-0.3, -0.25) is 0 Å². The zero-order valence-electron chi connectivity index (χ0n) is 13.7. The fourth-order valence-electron chi connectivity index (χ4n) is 2.48. The molecule has 0 amide bonds. The van der Waals surface area contributed by atoms with Crippen LogP contribution in [-0.4, -0.2) is 25.0 Å². The molecular weight excluding hydrogens is 389 g/mol. The van der Waals surface area contributed by atoms with Crippen molar-refractivity contribution >= 4 is 46.1 Å². The van der Waals surface area contributed by atoms with Gasteiger partial charge in [0.2, 0.25) is 0 Å². The van der Waals surface area contributed by atoms with E-state index in [-0.39, 0.29) is 0 Å². The van der Waals surface area contributed by atoms with Crippen LogP contribution in [0.4, 0.5) is 0 Å². The highest BCUT2D eigenvalue weighted by Crippen LogP contribution is 2.30. The van der Waals surface area contributed by atoms with Crippen molar-refractivity contribution in [1.29, 1.82) is 0 Å². The molecule has 0 atom stereocenters. The summed E-state index contributed by atoms with van der Waals surface area (Å²) in [6, 6.07) is 13.5. The number of halogens is 2. The topological polar surface area (TPSA) is 56.5 Å². The number of aromatic nitrogens is 5. The number of hydrogen-bond acceptors (Lipinski definition) is 5. The SMILES string of the molecule is Cc1ccc(-n2nnc3c(SCc4ccc(Cl)cc4Cl)ncnc32)cc1. The van der Waals surface area contributed by atoms with Crippen LogP contribution in [0.1, 0.15) is 11.1 Å². The van der Waals surface area contributed by atoms with Crippen molar-refractivity contribution in [2.24, 2.45) is 0 Å². The molecule has 2 heterocycles. The van der Waals surface area contributed by atoms with E-state index in [1.165, 1.54) is 23.7 Å². The first-order chi connectivity index (χ1) is 12.6. The van der Waals surface area contributed by atoms with Crippen molar-refractivity contribution in [3.05, 3.63) is 70.0 Å². The van der Waals surface area contributed by atoms with E-state index in [0.717, 1.165) is 16.3 Å². The monoisotopic (exact) mass is 401 g/mol. The molecule has 0 unspecified atom stereocenters. The Balaban J connectivity index is 1.65. The first-order valence-electron chi connectivity index (χ1n) is 7.82. The highest BCUT2D eigenvalue weighted by Gasteiger charge is 2.14. The van der Waals surface area contributed by atoms with Crippen LogP contribution in [0.5, 0.6) is 0 Å². The third-order valence-electron chi connectivity index (χ3n) is 3.86. The van der Waals surface area contributed by atoms with E-state index in [1.807, 2.05) is 43.3 Å². The average Bonchev–Trinajstić information content (AvgIpc) is 3.06. The third kappa shape index (κ3) is 3.40. The van der Waals surface area contributed by atoms with Gasteiger partial charge in [0.05, 0.1) is 5.69 Å². The predicted octanol–water partition coefficient (Wildman–Crippen LogP) is 5.12. The van der Waals surface area contributed by atoms with Crippen molar-refractivity contribution in [2.45, 2.75) is 17.7 Å². The first-order valence-corrected chi connectivity index (χ1v) is 9.56. The molecule has 0 aliphatic heterocycles. The zero-order chi connectivity index (χ0) is 18.1. The van der Waals surface area contributed by atoms with Crippen LogP contribution in [0.15, 0.2) is 53.8 Å². The summed E-state index contributed by atoms with van der Waals surface area (Å²) in [6.45, 7) is 2.04. The van der Waals surface area contributed by atoms with Gasteiger partial charge in [0.25, 0.3) is 0 Å². The Hall–Kier alpha value is -2.15. The molecule has 0 bridgehead atoms. The fourth-order valence-corrected chi connectivity index (χ4v) is 3.97. The minimum Gasteiger partial charge on any atom is -0.227 e. The second-order valence-electron chi connectivity index (χ2n) is 5.71. The summed E-state index contributed by atoms with van der Waals surface area (Å²) >= 11 is 13.7. The number of thioether (sulfide) groups is 1. The van der Waals surface area contributed by atoms with E-state index in [2.05, 4.69) is 20.3 Å². The number of benzene rings is 2. The maximum absolute atomic E-state index is 6.25. The van der Waals surface area contributed by atoms with Gasteiger partial charge in [0.15, 0.2) is 11.2 Å². The zero-order valence-corrected chi connectivity index (χ0v) is 16.1. The van der Waals surface area contributed by atoms with Gasteiger partial charge >= 0.3 is 0 Å². The molecule has 8 heteroatoms. The van der Waals surface area contributed by atoms with Crippen LogP contribution >= 0.6 is 35.0 Å². The number of aryl methyl sites for hydroxylation is 1. The van der Waals surface area contributed by atoms with Crippen molar-refractivity contribution in [1.82, 2.24) is 25.0 Å². The summed E-state index contributed by atoms with van der Waals surface area (Å²) in [5, 5.41) is 10.5. The van der Waals surface area contributed by atoms with E-state index in [1.54, 1.807) is 10.7 Å². The summed E-state index contributed by atoms with van der Waals surface area (Å²) in [7, 11) is 0. The van der Waals surface area contributed by atoms with Gasteiger partial charge in [-0.2, -0.15) is 4.68 Å². The molecule has 26 heavy (non-hydrogen) atoms. The molecule has 0 saturated heterocycles. The summed E-state index contributed by atoms with van der Waals surface area (Å²) < 4.78 is 1.72. The lowest BCUT2D eigenvalue weighted by atomic mass is 10.2. The van der Waals surface area contributed by atoms with Gasteiger partial charge in [-0.1, -0.05) is 63.9 Å². The van der Waals surface area contributed by atoms with Gasteiger partial charge in [-0.05, 0) is 36.8 Å². The minimum absolute atomic E-state index is 0.620. The van der Waals surface area contributed by atoms with E-state index in [0.29, 0.717) is 27.0 Å². The van der Waals surface area contributed by atoms with Crippen molar-refractivity contribution in [3.63, 3.8) is 0 Å². The molecule has 0 N–H and O–H groups in total. The smallest absolute Gasteiger partial charge is 0.187 e. The van der Waals surface area contributed by atoms with Crippen LogP contribution in [0.2, 0.25) is 10.0 Å². The summed E-state index contributed by atoms with van der Waals surface area (Å²) in [6.07, 6.45) is 1.53. The second-order valence-corrected chi connectivity index (χ2v) is 7.52. The average molecular weight is 402 g/mol. The first kappa shape index (κ1) is 17.3. The highest BCUT2D eigenvalue weighted by molar-refractivity contribution is 7.98. The lowest BCUT2D eigenvalue weighted by Crippen LogP contribution is -1.98. The van der Waals surface area contributed by atoms with Gasteiger partial charge in [-0.25, -0.2) is 9.97 Å². The Bertz CT molecular complexity index is 1080. The van der Waals surface area contributed by atoms with E-state index < -0.39 is 0 Å². The Labute approximate surface area is 164 Å². The molecule has 5 nitrogen and oxygen atoms in total. The molecule has 4 rings (SSSR count). The summed E-state index contributed by atoms with van der Waals surface area (Å²) in [5.41, 5.74) is 4.42. The minimum atomic E-state index is 0.620. The normalized spacial score (nSPS) is 11.2. The third-order valence-corrected chi connectivity index (χ3v) is 5.48. The fraction of sp³-hybridized carbons (Fsp3) is 0.111. The van der Waals surface area contributed by atoms with Gasteiger partial charge in [0.1, 0.15) is 11.4 Å². The second kappa shape index (κ2) is 7.23. The molecule has 0 aliphatic rings. The van der Waals surface area contributed by atoms with Crippen LogP contribution in [0.3, 0.4) is 0 Å². The molecule has 0 radical (unpaired) electrons. The highest BCUT2D eigenvalue weighted by atomic mass is 35.5. The molecule has 4 aromatic rings. The molecular formula is C18H13Cl2N5S. The number of fused-ring (bicyclic) bond motifs is 1. The molecule has 2 aromatic heterocycles. The maximum Gasteiger partial charge on any atom is 0.187 e. The molecule has 2 aromatic carbocycles. The maximum atomic E-state index is 6.25. The van der Waals surface area contributed by atoms with Crippen LogP contribution in [-0.2, 0) is 5.75 Å². The lowest BCUT2D eigenvalue weighted by molar-refractivity contribution is 0.816. The van der Waals surface area contributed by atoms with E-state index in [9.17, 15) is 0 Å². The standard InChI is InChI=1S/C18H13Cl2N5S/c1-11-2-6-14(7-3-11)25-17-16(23-24-25)18(22-10-21-17)26-9-12-4-5-13(19)8-15(12)20/h2-8,10H,9H2,1H3. The Morgan fingerprint density at radius 2 is 1.85 bits per heavy atom. The number of hydrogen-bond donors (Lipinski definition) is 0. The molecule has 0 saturated carbocycles. The molecule has 130 valence electrons. The van der Waals surface area contributed by atoms with E-state index >= 15 is 0 Å². The molecule has 0 aliphatic carbocycles. The van der Waals surface area contributed by atoms with Crippen molar-refractivity contribution in [3.8, 4) is 5.69 Å². The predicted molar refractivity (Wildman–Crippen MR) is 105 cm³/mol. The molecule has 0 spiro atoms. The Kier molecular flexibility index (Phi) is 4.80. The molecule has 0 fully saturated rings. The van der Waals surface area contributed by atoms with Gasteiger partial charge in [0, 0.05) is 15.8 Å². The van der Waals surface area contributed by atoms with Crippen LogP contribution < -0.4 is 0 Å². The van der Waals surface area contributed by atoms with Gasteiger partial charge in [-0.15, -0.1) is 5.10 Å². The number of rotatable bonds is 4. The number of nitrogens with zero attached hydrogens (tertiary/aromatic N) is 5. The van der Waals surface area contributed by atoms with Crippen LogP contribution in [0, 0.1) is 6.92 Å². The van der Waals surface area contributed by atoms with E-state index in [4.69, 9.17) is 23.2 Å². The van der Waals surface area contributed by atoms with Crippen LogP contribution in [0.25, 0.3) is 16.9 Å². The quantitative estimate of drug-likeness (QED) is 0.350.